The molecule has 2 aromatic carbocycles. The summed E-state index contributed by atoms with van der Waals surface area (Å²) in [6.45, 7) is 4.51. The monoisotopic (exact) mass is 460 g/mol. The van der Waals surface area contributed by atoms with Crippen LogP contribution in [0.5, 0.6) is 0 Å². The molecule has 0 spiro atoms. The van der Waals surface area contributed by atoms with Gasteiger partial charge in [0.25, 0.3) is 11.2 Å². The Balaban J connectivity index is 1.93. The van der Waals surface area contributed by atoms with Gasteiger partial charge >= 0.3 is 5.69 Å². The van der Waals surface area contributed by atoms with Crippen LogP contribution in [-0.2, 0) is 25.4 Å². The standard InChI is InChI=1S/C25H24N4O5/c1-14-5-8-16(9-6-14)23-22-21-19(24(30)27(4)25(31)26(21)3)20(28(22)11-12-34-23)17-10-7-15(2)18(13-17)29(32)33/h5-10,13,23H,11-12H2,1-4H3. The number of benzene rings is 2. The Morgan fingerprint density at radius 3 is 2.41 bits per heavy atom. The quantitative estimate of drug-likeness (QED) is 0.345. The molecule has 0 fully saturated rings. The lowest BCUT2D eigenvalue weighted by Crippen LogP contribution is -2.37. The van der Waals surface area contributed by atoms with Crippen molar-refractivity contribution < 1.29 is 9.66 Å². The van der Waals surface area contributed by atoms with Gasteiger partial charge in [0.2, 0.25) is 0 Å². The van der Waals surface area contributed by atoms with Crippen molar-refractivity contribution in [1.29, 1.82) is 0 Å². The van der Waals surface area contributed by atoms with Crippen molar-refractivity contribution >= 4 is 16.6 Å². The molecule has 0 N–H and O–H groups in total. The SMILES string of the molecule is Cc1ccc(C2OCCn3c(-c4ccc(C)c([N+](=O)[O-])c4)c4c(=O)n(C)c(=O)n(C)c4c32)cc1. The smallest absolute Gasteiger partial charge is 0.331 e. The van der Waals surface area contributed by atoms with Crippen LogP contribution >= 0.6 is 0 Å². The van der Waals surface area contributed by atoms with Gasteiger partial charge in [0.1, 0.15) is 6.10 Å². The van der Waals surface area contributed by atoms with E-state index in [0.29, 0.717) is 46.6 Å². The van der Waals surface area contributed by atoms with Gasteiger partial charge in [0.15, 0.2) is 0 Å². The van der Waals surface area contributed by atoms with Gasteiger partial charge < -0.3 is 9.30 Å². The van der Waals surface area contributed by atoms with E-state index in [2.05, 4.69) is 0 Å². The summed E-state index contributed by atoms with van der Waals surface area (Å²) in [5.41, 5.74) is 3.92. The van der Waals surface area contributed by atoms with Gasteiger partial charge in [-0.15, -0.1) is 0 Å². The molecule has 1 unspecified atom stereocenters. The maximum Gasteiger partial charge on any atom is 0.331 e. The third kappa shape index (κ3) is 3.12. The second-order valence-corrected chi connectivity index (χ2v) is 8.73. The maximum atomic E-state index is 13.4. The number of rotatable bonds is 3. The molecule has 3 heterocycles. The third-order valence-corrected chi connectivity index (χ3v) is 6.61. The van der Waals surface area contributed by atoms with Crippen molar-refractivity contribution in [3.63, 3.8) is 0 Å². The summed E-state index contributed by atoms with van der Waals surface area (Å²) in [5.74, 6) is 0. The van der Waals surface area contributed by atoms with E-state index in [-0.39, 0.29) is 5.69 Å². The molecule has 9 nitrogen and oxygen atoms in total. The largest absolute Gasteiger partial charge is 0.365 e. The minimum absolute atomic E-state index is 0.0232. The molecule has 1 atom stereocenters. The Hall–Kier alpha value is -3.98. The van der Waals surface area contributed by atoms with Crippen molar-refractivity contribution in [2.75, 3.05) is 6.61 Å². The predicted octanol–water partition coefficient (Wildman–Crippen LogP) is 3.35. The van der Waals surface area contributed by atoms with E-state index in [1.54, 1.807) is 26.1 Å². The first kappa shape index (κ1) is 21.8. The summed E-state index contributed by atoms with van der Waals surface area (Å²) in [4.78, 5) is 37.6. The van der Waals surface area contributed by atoms with Gasteiger partial charge in [-0.1, -0.05) is 42.0 Å². The summed E-state index contributed by atoms with van der Waals surface area (Å²) < 4.78 is 10.7. The zero-order valence-electron chi connectivity index (χ0n) is 19.4. The van der Waals surface area contributed by atoms with E-state index in [4.69, 9.17) is 4.74 Å². The minimum atomic E-state index is -0.497. The van der Waals surface area contributed by atoms with Gasteiger partial charge in [0, 0.05) is 37.8 Å². The zero-order valence-corrected chi connectivity index (χ0v) is 19.4. The van der Waals surface area contributed by atoms with Gasteiger partial charge in [-0.2, -0.15) is 0 Å². The molecular weight excluding hydrogens is 436 g/mol. The molecule has 0 aliphatic carbocycles. The van der Waals surface area contributed by atoms with Crippen LogP contribution in [0.2, 0.25) is 0 Å². The Morgan fingerprint density at radius 2 is 1.74 bits per heavy atom. The molecule has 0 saturated carbocycles. The molecule has 4 aromatic rings. The first-order valence-electron chi connectivity index (χ1n) is 11.0. The molecule has 9 heteroatoms. The highest BCUT2D eigenvalue weighted by Gasteiger charge is 2.33. The van der Waals surface area contributed by atoms with Crippen LogP contribution in [0.15, 0.2) is 52.1 Å². The first-order chi connectivity index (χ1) is 16.2. The lowest BCUT2D eigenvalue weighted by molar-refractivity contribution is -0.385. The lowest BCUT2D eigenvalue weighted by atomic mass is 10.0. The number of nitro groups is 1. The van der Waals surface area contributed by atoms with E-state index in [0.717, 1.165) is 15.7 Å². The van der Waals surface area contributed by atoms with Crippen molar-refractivity contribution in [1.82, 2.24) is 13.7 Å². The first-order valence-corrected chi connectivity index (χ1v) is 11.0. The van der Waals surface area contributed by atoms with Crippen LogP contribution in [0.1, 0.15) is 28.5 Å². The van der Waals surface area contributed by atoms with Crippen LogP contribution in [0.4, 0.5) is 5.69 Å². The molecule has 5 rings (SSSR count). The zero-order chi connectivity index (χ0) is 24.3. The summed E-state index contributed by atoms with van der Waals surface area (Å²) in [5, 5.41) is 12.0. The fourth-order valence-electron chi connectivity index (χ4n) is 4.83. The highest BCUT2D eigenvalue weighted by atomic mass is 16.6. The van der Waals surface area contributed by atoms with Crippen molar-refractivity contribution in [3.8, 4) is 11.3 Å². The van der Waals surface area contributed by atoms with Crippen LogP contribution in [0, 0.1) is 24.0 Å². The third-order valence-electron chi connectivity index (χ3n) is 6.61. The van der Waals surface area contributed by atoms with Crippen molar-refractivity contribution in [2.24, 2.45) is 14.1 Å². The molecule has 174 valence electrons. The summed E-state index contributed by atoms with van der Waals surface area (Å²) >= 11 is 0. The summed E-state index contributed by atoms with van der Waals surface area (Å²) in [7, 11) is 3.07. The average molecular weight is 460 g/mol. The Morgan fingerprint density at radius 1 is 1.03 bits per heavy atom. The number of aryl methyl sites for hydroxylation is 3. The molecule has 1 aliphatic rings. The lowest BCUT2D eigenvalue weighted by Gasteiger charge is -2.27. The fraction of sp³-hybridized carbons (Fsp3) is 0.280. The van der Waals surface area contributed by atoms with Gasteiger partial charge in [0.05, 0.1) is 33.8 Å². The molecule has 1 aliphatic heterocycles. The Bertz CT molecular complexity index is 1590. The molecule has 0 bridgehead atoms. The van der Waals surface area contributed by atoms with Crippen molar-refractivity contribution in [2.45, 2.75) is 26.5 Å². The average Bonchev–Trinajstić information content (AvgIpc) is 3.17. The Kier molecular flexibility index (Phi) is 5.02. The molecule has 0 radical (unpaired) electrons. The van der Waals surface area contributed by atoms with Crippen LogP contribution in [0.3, 0.4) is 0 Å². The highest BCUT2D eigenvalue weighted by Crippen LogP contribution is 2.41. The predicted molar refractivity (Wildman–Crippen MR) is 128 cm³/mol. The highest BCUT2D eigenvalue weighted by molar-refractivity contribution is 5.97. The minimum Gasteiger partial charge on any atom is -0.365 e. The summed E-state index contributed by atoms with van der Waals surface area (Å²) in [6, 6.07) is 12.9. The number of ether oxygens (including phenoxy) is 1. The molecular formula is C25H24N4O5. The topological polar surface area (TPSA) is 101 Å². The number of hydrogen-bond donors (Lipinski definition) is 0. The van der Waals surface area contributed by atoms with Crippen molar-refractivity contribution in [3.05, 3.63) is 95.8 Å². The normalized spacial score (nSPS) is 15.5. The van der Waals surface area contributed by atoms with Crippen LogP contribution in [0.25, 0.3) is 22.2 Å². The fourth-order valence-corrected chi connectivity index (χ4v) is 4.83. The van der Waals surface area contributed by atoms with E-state index < -0.39 is 22.3 Å². The van der Waals surface area contributed by atoms with E-state index >= 15 is 0 Å². The van der Waals surface area contributed by atoms with E-state index in [1.165, 1.54) is 17.7 Å². The second kappa shape index (κ2) is 7.81. The van der Waals surface area contributed by atoms with Crippen LogP contribution < -0.4 is 11.2 Å². The molecule has 34 heavy (non-hydrogen) atoms. The molecule has 2 aromatic heterocycles. The van der Waals surface area contributed by atoms with Crippen LogP contribution in [-0.4, -0.2) is 25.2 Å². The Labute approximate surface area is 194 Å². The maximum absolute atomic E-state index is 13.4. The molecule has 0 amide bonds. The second-order valence-electron chi connectivity index (χ2n) is 8.73. The van der Waals surface area contributed by atoms with E-state index in [1.807, 2.05) is 35.8 Å². The van der Waals surface area contributed by atoms with Gasteiger partial charge in [-0.3, -0.25) is 24.0 Å². The van der Waals surface area contributed by atoms with E-state index in [9.17, 15) is 19.7 Å². The van der Waals surface area contributed by atoms with Gasteiger partial charge in [-0.05, 0) is 19.4 Å². The number of fused-ring (bicyclic) bond motifs is 3. The summed E-state index contributed by atoms with van der Waals surface area (Å²) in [6.07, 6.45) is -0.497. The number of nitro benzene ring substituents is 1. The number of nitrogens with zero attached hydrogens (tertiary/aromatic N) is 4. The number of hydrogen-bond acceptors (Lipinski definition) is 5. The number of aromatic nitrogens is 3. The molecule has 0 saturated heterocycles. The van der Waals surface area contributed by atoms with Gasteiger partial charge in [-0.25, -0.2) is 4.79 Å².